The molecule has 0 bridgehead atoms. The van der Waals surface area contributed by atoms with Gasteiger partial charge in [0.1, 0.15) is 11.5 Å². The van der Waals surface area contributed by atoms with E-state index in [9.17, 15) is 9.18 Å². The Morgan fingerprint density at radius 1 is 0.972 bits per heavy atom. The monoisotopic (exact) mass is 484 g/mol. The van der Waals surface area contributed by atoms with Gasteiger partial charge in [0.25, 0.3) is 0 Å². The van der Waals surface area contributed by atoms with E-state index in [0.29, 0.717) is 23.5 Å². The van der Waals surface area contributed by atoms with Crippen LogP contribution in [0.15, 0.2) is 78.9 Å². The van der Waals surface area contributed by atoms with Gasteiger partial charge in [-0.25, -0.2) is 9.18 Å². The zero-order valence-corrected chi connectivity index (χ0v) is 20.7. The summed E-state index contributed by atoms with van der Waals surface area (Å²) in [7, 11) is 1.46. The number of halogens is 1. The molecule has 0 amide bonds. The van der Waals surface area contributed by atoms with E-state index >= 15 is 0 Å². The van der Waals surface area contributed by atoms with Gasteiger partial charge < -0.3 is 14.2 Å². The van der Waals surface area contributed by atoms with Gasteiger partial charge in [-0.2, -0.15) is 0 Å². The molecule has 0 aliphatic carbocycles. The Morgan fingerprint density at radius 2 is 1.72 bits per heavy atom. The Balaban J connectivity index is 1.83. The fourth-order valence-corrected chi connectivity index (χ4v) is 4.20. The highest BCUT2D eigenvalue weighted by atomic mass is 19.1. The molecule has 0 fully saturated rings. The van der Waals surface area contributed by atoms with E-state index in [2.05, 4.69) is 13.0 Å². The summed E-state index contributed by atoms with van der Waals surface area (Å²) in [6, 6.07) is 22.7. The van der Waals surface area contributed by atoms with Gasteiger partial charge in [-0.15, -0.1) is 0 Å². The van der Waals surface area contributed by atoms with Crippen molar-refractivity contribution in [3.63, 3.8) is 0 Å². The van der Waals surface area contributed by atoms with Gasteiger partial charge in [0, 0.05) is 17.0 Å². The Labute approximate surface area is 210 Å². The van der Waals surface area contributed by atoms with Crippen LogP contribution in [0.25, 0.3) is 28.0 Å². The van der Waals surface area contributed by atoms with E-state index in [4.69, 9.17) is 14.2 Å². The van der Waals surface area contributed by atoms with Gasteiger partial charge in [-0.05, 0) is 65.8 Å². The number of hydrogen-bond donors (Lipinski definition) is 0. The summed E-state index contributed by atoms with van der Waals surface area (Å²) in [5, 5.41) is 1.51. The summed E-state index contributed by atoms with van der Waals surface area (Å²) in [5.74, 6) is 0.560. The number of rotatable bonds is 9. The number of esters is 1. The third kappa shape index (κ3) is 5.57. The van der Waals surface area contributed by atoms with Crippen LogP contribution in [0.4, 0.5) is 4.39 Å². The van der Waals surface area contributed by atoms with E-state index in [0.717, 1.165) is 40.5 Å². The Morgan fingerprint density at radius 3 is 2.39 bits per heavy atom. The van der Waals surface area contributed by atoms with Crippen LogP contribution in [-0.2, 0) is 16.0 Å². The van der Waals surface area contributed by atoms with E-state index < -0.39 is 5.82 Å². The smallest absolute Gasteiger partial charge is 0.330 e. The molecule has 4 aromatic rings. The van der Waals surface area contributed by atoms with Crippen molar-refractivity contribution >= 4 is 22.8 Å². The molecule has 0 spiro atoms. The first-order valence-electron chi connectivity index (χ1n) is 12.0. The first-order chi connectivity index (χ1) is 17.5. The molecule has 0 N–H and O–H groups in total. The zero-order chi connectivity index (χ0) is 25.5. The molecule has 4 rings (SSSR count). The van der Waals surface area contributed by atoms with Crippen molar-refractivity contribution in [3.8, 4) is 28.4 Å². The van der Waals surface area contributed by atoms with Crippen molar-refractivity contribution in [1.82, 2.24) is 0 Å². The average Bonchev–Trinajstić information content (AvgIpc) is 2.89. The first-order valence-corrected chi connectivity index (χ1v) is 12.0. The van der Waals surface area contributed by atoms with Crippen LogP contribution in [0.1, 0.15) is 31.4 Å². The minimum atomic E-state index is -0.448. The number of hydrogen-bond acceptors (Lipinski definition) is 4. The van der Waals surface area contributed by atoms with Crippen LogP contribution < -0.4 is 9.47 Å². The average molecular weight is 485 g/mol. The SMILES string of the molecule is CCCc1cc2cc(OC)c(F)cc2c(Oc2ccc(/C=C/C(=O)OCC)cc2)c1-c1ccccc1. The Bertz CT molecular complexity index is 1380. The topological polar surface area (TPSA) is 44.8 Å². The standard InChI is InChI=1S/C31H29FO4/c1-4-9-23-18-24-19-28(34-3)27(32)20-26(24)31(30(23)22-10-7-6-8-11-22)36-25-15-12-21(13-16-25)14-17-29(33)35-5-2/h6-8,10-20H,4-5,9H2,1-3H3/b17-14+. The van der Waals surface area contributed by atoms with Crippen LogP contribution in [-0.4, -0.2) is 19.7 Å². The number of ether oxygens (including phenoxy) is 3. The van der Waals surface area contributed by atoms with Crippen molar-refractivity contribution < 1.29 is 23.4 Å². The van der Waals surface area contributed by atoms with Crippen molar-refractivity contribution in [1.29, 1.82) is 0 Å². The number of aryl methyl sites for hydroxylation is 1. The summed E-state index contributed by atoms with van der Waals surface area (Å²) in [6.07, 6.45) is 4.87. The number of carbonyl (C=O) groups excluding carboxylic acids is 1. The summed E-state index contributed by atoms with van der Waals surface area (Å²) < 4.78 is 31.5. The number of fused-ring (bicyclic) bond motifs is 1. The first kappa shape index (κ1) is 25.0. The lowest BCUT2D eigenvalue weighted by Gasteiger charge is -2.19. The summed E-state index contributed by atoms with van der Waals surface area (Å²) in [6.45, 7) is 4.23. The maximum absolute atomic E-state index is 14.9. The summed E-state index contributed by atoms with van der Waals surface area (Å²) in [5.41, 5.74) is 3.90. The maximum atomic E-state index is 14.9. The lowest BCUT2D eigenvalue weighted by atomic mass is 9.91. The van der Waals surface area contributed by atoms with Crippen molar-refractivity contribution in [2.24, 2.45) is 0 Å². The maximum Gasteiger partial charge on any atom is 0.330 e. The highest BCUT2D eigenvalue weighted by Crippen LogP contribution is 2.44. The molecule has 0 saturated carbocycles. The van der Waals surface area contributed by atoms with Crippen LogP contribution in [0.3, 0.4) is 0 Å². The molecule has 36 heavy (non-hydrogen) atoms. The lowest BCUT2D eigenvalue weighted by Crippen LogP contribution is -1.99. The number of methoxy groups -OCH3 is 1. The van der Waals surface area contributed by atoms with Gasteiger partial charge in [-0.1, -0.05) is 61.9 Å². The van der Waals surface area contributed by atoms with Gasteiger partial charge in [0.15, 0.2) is 11.6 Å². The number of benzene rings is 4. The quantitative estimate of drug-likeness (QED) is 0.178. The number of carbonyl (C=O) groups is 1. The molecule has 0 aliphatic rings. The van der Waals surface area contributed by atoms with Crippen LogP contribution in [0.5, 0.6) is 17.2 Å². The summed E-state index contributed by atoms with van der Waals surface area (Å²) in [4.78, 5) is 11.6. The second kappa shape index (κ2) is 11.5. The second-order valence-electron chi connectivity index (χ2n) is 8.32. The highest BCUT2D eigenvalue weighted by Gasteiger charge is 2.19. The third-order valence-corrected chi connectivity index (χ3v) is 5.83. The molecule has 184 valence electrons. The van der Waals surface area contributed by atoms with E-state index in [-0.39, 0.29) is 11.7 Å². The van der Waals surface area contributed by atoms with E-state index in [1.807, 2.05) is 54.6 Å². The van der Waals surface area contributed by atoms with Crippen LogP contribution >= 0.6 is 0 Å². The predicted octanol–water partition coefficient (Wildman–Crippen LogP) is 7.98. The van der Waals surface area contributed by atoms with E-state index in [1.54, 1.807) is 19.1 Å². The molecule has 0 atom stereocenters. The van der Waals surface area contributed by atoms with Crippen molar-refractivity contribution in [3.05, 3.63) is 95.8 Å². The Hall–Kier alpha value is -4.12. The largest absolute Gasteiger partial charge is 0.494 e. The van der Waals surface area contributed by atoms with Crippen LogP contribution in [0, 0.1) is 5.82 Å². The van der Waals surface area contributed by atoms with Crippen molar-refractivity contribution in [2.75, 3.05) is 13.7 Å². The van der Waals surface area contributed by atoms with Gasteiger partial charge in [0.05, 0.1) is 13.7 Å². The molecule has 0 aromatic heterocycles. The molecule has 0 saturated heterocycles. The molecule has 5 heteroatoms. The minimum absolute atomic E-state index is 0.195. The third-order valence-electron chi connectivity index (χ3n) is 5.83. The molecule has 0 unspecified atom stereocenters. The lowest BCUT2D eigenvalue weighted by molar-refractivity contribution is -0.137. The molecular weight excluding hydrogens is 455 g/mol. The molecular formula is C31H29FO4. The molecule has 4 nitrogen and oxygen atoms in total. The van der Waals surface area contributed by atoms with E-state index in [1.165, 1.54) is 19.3 Å². The van der Waals surface area contributed by atoms with Crippen LogP contribution in [0.2, 0.25) is 0 Å². The predicted molar refractivity (Wildman–Crippen MR) is 142 cm³/mol. The fourth-order valence-electron chi connectivity index (χ4n) is 4.20. The molecule has 0 radical (unpaired) electrons. The zero-order valence-electron chi connectivity index (χ0n) is 20.7. The summed E-state index contributed by atoms with van der Waals surface area (Å²) >= 11 is 0. The van der Waals surface area contributed by atoms with Gasteiger partial charge in [-0.3, -0.25) is 0 Å². The van der Waals surface area contributed by atoms with Gasteiger partial charge in [0.2, 0.25) is 0 Å². The fraction of sp³-hybridized carbons (Fsp3) is 0.194. The highest BCUT2D eigenvalue weighted by molar-refractivity contribution is 5.98. The second-order valence-corrected chi connectivity index (χ2v) is 8.32. The Kier molecular flexibility index (Phi) is 8.01. The minimum Gasteiger partial charge on any atom is -0.494 e. The van der Waals surface area contributed by atoms with Gasteiger partial charge >= 0.3 is 5.97 Å². The van der Waals surface area contributed by atoms with Crippen molar-refractivity contribution in [2.45, 2.75) is 26.7 Å². The molecule has 0 aliphatic heterocycles. The normalized spacial score (nSPS) is 11.1. The molecule has 4 aromatic carbocycles. The molecule has 0 heterocycles.